The molecule has 1 aromatic rings. The van der Waals surface area contributed by atoms with Crippen LogP contribution in [0.25, 0.3) is 0 Å². The van der Waals surface area contributed by atoms with Gasteiger partial charge in [-0.3, -0.25) is 4.90 Å². The Bertz CT molecular complexity index is 467. The number of nitrogens with zero attached hydrogens (tertiary/aromatic N) is 1. The molecule has 1 aromatic carbocycles. The Balaban J connectivity index is 2.25. The van der Waals surface area contributed by atoms with Gasteiger partial charge in [-0.15, -0.1) is 0 Å². The largest absolute Gasteiger partial charge is 0.326 e. The fourth-order valence-corrected chi connectivity index (χ4v) is 3.38. The molecule has 0 aliphatic carbocycles. The number of rotatable bonds is 4. The van der Waals surface area contributed by atoms with Crippen LogP contribution in [-0.2, 0) is 0 Å². The van der Waals surface area contributed by atoms with E-state index in [-0.39, 0.29) is 17.9 Å². The first-order valence-electron chi connectivity index (χ1n) is 8.08. The molecule has 0 amide bonds. The first-order chi connectivity index (χ1) is 9.84. The van der Waals surface area contributed by atoms with Crippen LogP contribution in [0.1, 0.15) is 52.1 Å². The lowest BCUT2D eigenvalue weighted by Gasteiger charge is -2.34. The van der Waals surface area contributed by atoms with Gasteiger partial charge >= 0.3 is 0 Å². The molecule has 0 aromatic heterocycles. The fourth-order valence-electron chi connectivity index (χ4n) is 3.38. The van der Waals surface area contributed by atoms with Gasteiger partial charge in [-0.25, -0.2) is 4.39 Å². The molecule has 0 spiro atoms. The minimum absolute atomic E-state index is 0.0106. The summed E-state index contributed by atoms with van der Waals surface area (Å²) in [5.74, 6) is 0.515. The predicted molar refractivity (Wildman–Crippen MR) is 86.5 cm³/mol. The molecular formula is C18H29FN2. The van der Waals surface area contributed by atoms with E-state index in [1.54, 1.807) is 12.1 Å². The molecular weight excluding hydrogens is 263 g/mol. The van der Waals surface area contributed by atoms with E-state index in [9.17, 15) is 4.39 Å². The Morgan fingerprint density at radius 3 is 2.52 bits per heavy atom. The van der Waals surface area contributed by atoms with Crippen molar-refractivity contribution < 1.29 is 4.39 Å². The maximum absolute atomic E-state index is 14.2. The third-order valence-electron chi connectivity index (χ3n) is 4.94. The van der Waals surface area contributed by atoms with Crippen molar-refractivity contribution in [1.82, 2.24) is 4.90 Å². The zero-order valence-corrected chi connectivity index (χ0v) is 13.8. The van der Waals surface area contributed by atoms with E-state index in [1.165, 1.54) is 6.42 Å². The van der Waals surface area contributed by atoms with Gasteiger partial charge in [0.25, 0.3) is 0 Å². The molecule has 1 heterocycles. The molecule has 118 valence electrons. The summed E-state index contributed by atoms with van der Waals surface area (Å²) in [5.41, 5.74) is 7.39. The van der Waals surface area contributed by atoms with E-state index >= 15 is 0 Å². The van der Waals surface area contributed by atoms with E-state index in [1.807, 2.05) is 12.1 Å². The highest BCUT2D eigenvalue weighted by Crippen LogP contribution is 2.38. The molecule has 1 aliphatic rings. The van der Waals surface area contributed by atoms with Crippen molar-refractivity contribution in [3.63, 3.8) is 0 Å². The lowest BCUT2D eigenvalue weighted by molar-refractivity contribution is 0.172. The topological polar surface area (TPSA) is 29.3 Å². The van der Waals surface area contributed by atoms with Crippen molar-refractivity contribution in [3.8, 4) is 0 Å². The van der Waals surface area contributed by atoms with Gasteiger partial charge in [0.05, 0.1) is 6.04 Å². The second-order valence-electron chi connectivity index (χ2n) is 7.39. The van der Waals surface area contributed by atoms with Gasteiger partial charge in [-0.1, -0.05) is 45.9 Å². The van der Waals surface area contributed by atoms with Gasteiger partial charge in [0.2, 0.25) is 0 Å². The maximum Gasteiger partial charge on any atom is 0.128 e. The van der Waals surface area contributed by atoms with Crippen molar-refractivity contribution >= 4 is 0 Å². The zero-order chi connectivity index (χ0) is 15.6. The van der Waals surface area contributed by atoms with E-state index < -0.39 is 0 Å². The van der Waals surface area contributed by atoms with Crippen LogP contribution in [0.2, 0.25) is 0 Å². The molecule has 3 heteroatoms. The van der Waals surface area contributed by atoms with Gasteiger partial charge in [0.15, 0.2) is 0 Å². The maximum atomic E-state index is 14.2. The zero-order valence-electron chi connectivity index (χ0n) is 13.8. The molecule has 2 N–H and O–H groups in total. The van der Waals surface area contributed by atoms with Crippen LogP contribution >= 0.6 is 0 Å². The molecule has 1 saturated heterocycles. The summed E-state index contributed by atoms with van der Waals surface area (Å²) in [5, 5.41) is 0. The summed E-state index contributed by atoms with van der Waals surface area (Å²) >= 11 is 0. The molecule has 0 bridgehead atoms. The van der Waals surface area contributed by atoms with Crippen LogP contribution in [0, 0.1) is 17.2 Å². The van der Waals surface area contributed by atoms with Gasteiger partial charge in [0, 0.05) is 18.2 Å². The van der Waals surface area contributed by atoms with E-state index in [2.05, 4.69) is 32.6 Å². The van der Waals surface area contributed by atoms with Crippen molar-refractivity contribution in [2.75, 3.05) is 13.1 Å². The van der Waals surface area contributed by atoms with Crippen LogP contribution in [0.5, 0.6) is 0 Å². The molecule has 3 atom stereocenters. The quantitative estimate of drug-likeness (QED) is 0.909. The van der Waals surface area contributed by atoms with Crippen LogP contribution in [0.15, 0.2) is 24.3 Å². The highest BCUT2D eigenvalue weighted by atomic mass is 19.1. The number of hydrogen-bond acceptors (Lipinski definition) is 2. The number of nitrogens with two attached hydrogens (primary N) is 1. The van der Waals surface area contributed by atoms with Gasteiger partial charge in [-0.2, -0.15) is 0 Å². The van der Waals surface area contributed by atoms with E-state index in [4.69, 9.17) is 5.73 Å². The first-order valence-corrected chi connectivity index (χ1v) is 8.08. The fraction of sp³-hybridized carbons (Fsp3) is 0.667. The van der Waals surface area contributed by atoms with Crippen LogP contribution < -0.4 is 5.73 Å². The van der Waals surface area contributed by atoms with Crippen molar-refractivity contribution in [3.05, 3.63) is 35.6 Å². The summed E-state index contributed by atoms with van der Waals surface area (Å²) in [6.07, 6.45) is 2.03. The smallest absolute Gasteiger partial charge is 0.128 e. The number of benzene rings is 1. The summed E-state index contributed by atoms with van der Waals surface area (Å²) < 4.78 is 14.2. The summed E-state index contributed by atoms with van der Waals surface area (Å²) in [4.78, 5) is 2.39. The third-order valence-corrected chi connectivity index (χ3v) is 4.94. The summed E-state index contributed by atoms with van der Waals surface area (Å²) in [7, 11) is 0. The average molecular weight is 292 g/mol. The van der Waals surface area contributed by atoms with Crippen molar-refractivity contribution in [2.24, 2.45) is 17.1 Å². The van der Waals surface area contributed by atoms with E-state index in [0.717, 1.165) is 25.1 Å². The predicted octanol–water partition coefficient (Wildman–Crippen LogP) is 3.97. The lowest BCUT2D eigenvalue weighted by atomic mass is 9.80. The van der Waals surface area contributed by atoms with Gasteiger partial charge in [0.1, 0.15) is 5.82 Å². The molecule has 3 unspecified atom stereocenters. The highest BCUT2D eigenvalue weighted by molar-refractivity contribution is 5.23. The Hall–Kier alpha value is -0.930. The minimum Gasteiger partial charge on any atom is -0.326 e. The van der Waals surface area contributed by atoms with Gasteiger partial charge in [-0.05, 0) is 36.8 Å². The average Bonchev–Trinajstić information content (AvgIpc) is 2.90. The molecule has 21 heavy (non-hydrogen) atoms. The molecule has 2 nitrogen and oxygen atoms in total. The molecule has 0 saturated carbocycles. The minimum atomic E-state index is -0.134. The molecule has 2 rings (SSSR count). The standard InChI is InChI=1S/C18H29FN2/c1-5-16(20)17(14-8-6-7-9-15(14)19)21-11-10-13(12-21)18(2,3)4/h6-9,13,16-17H,5,10-12,20H2,1-4H3. The lowest BCUT2D eigenvalue weighted by Crippen LogP contribution is -2.40. The SMILES string of the molecule is CCC(N)C(c1ccccc1F)N1CCC(C(C)(C)C)C1. The Morgan fingerprint density at radius 1 is 1.33 bits per heavy atom. The summed E-state index contributed by atoms with van der Waals surface area (Å²) in [6, 6.07) is 7.05. The van der Waals surface area contributed by atoms with Crippen molar-refractivity contribution in [1.29, 1.82) is 0 Å². The monoisotopic (exact) mass is 292 g/mol. The second-order valence-corrected chi connectivity index (χ2v) is 7.39. The third kappa shape index (κ3) is 3.64. The van der Waals surface area contributed by atoms with Crippen molar-refractivity contribution in [2.45, 2.75) is 52.6 Å². The second kappa shape index (κ2) is 6.45. The number of hydrogen-bond donors (Lipinski definition) is 1. The highest BCUT2D eigenvalue weighted by Gasteiger charge is 2.37. The summed E-state index contributed by atoms with van der Waals surface area (Å²) in [6.45, 7) is 11.0. The Labute approximate surface area is 128 Å². The molecule has 0 radical (unpaired) electrons. The molecule has 1 fully saturated rings. The normalized spacial score (nSPS) is 23.2. The number of halogens is 1. The van der Waals surface area contributed by atoms with Gasteiger partial charge < -0.3 is 5.73 Å². The Morgan fingerprint density at radius 2 is 2.00 bits per heavy atom. The Kier molecular flexibility index (Phi) is 5.05. The van der Waals surface area contributed by atoms with Crippen LogP contribution in [-0.4, -0.2) is 24.0 Å². The van der Waals surface area contributed by atoms with Crippen LogP contribution in [0.3, 0.4) is 0 Å². The van der Waals surface area contributed by atoms with E-state index in [0.29, 0.717) is 11.3 Å². The van der Waals surface area contributed by atoms with Crippen LogP contribution in [0.4, 0.5) is 4.39 Å². The number of likely N-dealkylation sites (tertiary alicyclic amines) is 1. The first kappa shape index (κ1) is 16.4. The molecule has 1 aliphatic heterocycles.